The SMILES string of the molecule is CCCNc1ncc(Br)c(NC(c2cccs2)C(C)C)n1. The van der Waals surface area contributed by atoms with E-state index >= 15 is 0 Å². The average molecular weight is 369 g/mol. The Morgan fingerprint density at radius 2 is 2.19 bits per heavy atom. The van der Waals surface area contributed by atoms with Crippen LogP contribution in [0.4, 0.5) is 11.8 Å². The van der Waals surface area contributed by atoms with E-state index in [9.17, 15) is 0 Å². The molecule has 0 fully saturated rings. The van der Waals surface area contributed by atoms with Gasteiger partial charge in [0.15, 0.2) is 0 Å². The minimum absolute atomic E-state index is 0.246. The largest absolute Gasteiger partial charge is 0.361 e. The summed E-state index contributed by atoms with van der Waals surface area (Å²) in [5, 5.41) is 8.86. The molecule has 0 aromatic carbocycles. The molecule has 0 radical (unpaired) electrons. The molecule has 114 valence electrons. The van der Waals surface area contributed by atoms with E-state index in [1.165, 1.54) is 4.88 Å². The lowest BCUT2D eigenvalue weighted by Crippen LogP contribution is -2.17. The molecule has 0 amide bonds. The van der Waals surface area contributed by atoms with Gasteiger partial charge in [0.2, 0.25) is 5.95 Å². The zero-order valence-corrected chi connectivity index (χ0v) is 15.0. The number of aromatic nitrogens is 2. The Hall–Kier alpha value is -1.14. The van der Waals surface area contributed by atoms with Gasteiger partial charge in [0.05, 0.1) is 10.5 Å². The van der Waals surface area contributed by atoms with Crippen LogP contribution in [-0.4, -0.2) is 16.5 Å². The maximum absolute atomic E-state index is 4.57. The first-order valence-corrected chi connectivity index (χ1v) is 8.85. The van der Waals surface area contributed by atoms with Crippen molar-refractivity contribution >= 4 is 39.0 Å². The van der Waals surface area contributed by atoms with Crippen LogP contribution in [0.1, 0.15) is 38.1 Å². The van der Waals surface area contributed by atoms with E-state index in [-0.39, 0.29) is 6.04 Å². The molecule has 4 nitrogen and oxygen atoms in total. The van der Waals surface area contributed by atoms with Gasteiger partial charge in [0.1, 0.15) is 5.82 Å². The fourth-order valence-corrected chi connectivity index (χ4v) is 3.23. The van der Waals surface area contributed by atoms with Crippen molar-refractivity contribution in [1.82, 2.24) is 9.97 Å². The van der Waals surface area contributed by atoms with E-state index in [4.69, 9.17) is 0 Å². The van der Waals surface area contributed by atoms with Crippen molar-refractivity contribution in [3.63, 3.8) is 0 Å². The number of hydrogen-bond acceptors (Lipinski definition) is 5. The lowest BCUT2D eigenvalue weighted by Gasteiger charge is -2.22. The summed E-state index contributed by atoms with van der Waals surface area (Å²) < 4.78 is 0.881. The van der Waals surface area contributed by atoms with Crippen LogP contribution in [0.25, 0.3) is 0 Å². The van der Waals surface area contributed by atoms with Gasteiger partial charge in [0, 0.05) is 17.6 Å². The van der Waals surface area contributed by atoms with Crippen molar-refractivity contribution in [2.45, 2.75) is 33.2 Å². The number of thiophene rings is 1. The molecule has 0 spiro atoms. The second kappa shape index (κ2) is 7.75. The van der Waals surface area contributed by atoms with Gasteiger partial charge in [-0.2, -0.15) is 4.98 Å². The van der Waals surface area contributed by atoms with Crippen molar-refractivity contribution in [2.75, 3.05) is 17.2 Å². The molecule has 1 atom stereocenters. The molecular formula is C15H21BrN4S. The monoisotopic (exact) mass is 368 g/mol. The van der Waals surface area contributed by atoms with Gasteiger partial charge < -0.3 is 10.6 Å². The summed E-state index contributed by atoms with van der Waals surface area (Å²) in [4.78, 5) is 10.2. The van der Waals surface area contributed by atoms with Crippen LogP contribution in [-0.2, 0) is 0 Å². The summed E-state index contributed by atoms with van der Waals surface area (Å²) in [6.45, 7) is 7.42. The Balaban J connectivity index is 2.20. The quantitative estimate of drug-likeness (QED) is 0.727. The van der Waals surface area contributed by atoms with Crippen molar-refractivity contribution in [3.05, 3.63) is 33.1 Å². The zero-order chi connectivity index (χ0) is 15.2. The second-order valence-corrected chi connectivity index (χ2v) is 7.03. The minimum atomic E-state index is 0.246. The van der Waals surface area contributed by atoms with Gasteiger partial charge in [-0.3, -0.25) is 0 Å². The van der Waals surface area contributed by atoms with E-state index in [1.54, 1.807) is 17.5 Å². The Kier molecular flexibility index (Phi) is 5.99. The molecule has 2 aromatic heterocycles. The summed E-state index contributed by atoms with van der Waals surface area (Å²) in [7, 11) is 0. The first-order chi connectivity index (χ1) is 10.1. The standard InChI is InChI=1S/C15H21BrN4S/c1-4-7-17-15-18-9-11(16)14(20-15)19-13(10(2)3)12-6-5-8-21-12/h5-6,8-10,13H,4,7H2,1-3H3,(H2,17,18,19,20). The highest BCUT2D eigenvalue weighted by Gasteiger charge is 2.18. The highest BCUT2D eigenvalue weighted by Crippen LogP contribution is 2.31. The number of hydrogen-bond donors (Lipinski definition) is 2. The molecule has 0 bridgehead atoms. The van der Waals surface area contributed by atoms with Crippen LogP contribution in [0, 0.1) is 5.92 Å². The first-order valence-electron chi connectivity index (χ1n) is 7.18. The van der Waals surface area contributed by atoms with E-state index < -0.39 is 0 Å². The van der Waals surface area contributed by atoms with Gasteiger partial charge in [-0.1, -0.05) is 26.8 Å². The molecule has 0 aliphatic rings. The summed E-state index contributed by atoms with van der Waals surface area (Å²) in [6, 6.07) is 4.49. The van der Waals surface area contributed by atoms with Crippen LogP contribution in [0.3, 0.4) is 0 Å². The third-order valence-electron chi connectivity index (χ3n) is 3.09. The van der Waals surface area contributed by atoms with Gasteiger partial charge in [0.25, 0.3) is 0 Å². The molecule has 0 aliphatic carbocycles. The smallest absolute Gasteiger partial charge is 0.224 e. The fraction of sp³-hybridized carbons (Fsp3) is 0.467. The summed E-state index contributed by atoms with van der Waals surface area (Å²) >= 11 is 5.29. The van der Waals surface area contributed by atoms with Gasteiger partial charge >= 0.3 is 0 Å². The molecule has 6 heteroatoms. The van der Waals surface area contributed by atoms with Crippen LogP contribution >= 0.6 is 27.3 Å². The maximum Gasteiger partial charge on any atom is 0.224 e. The molecule has 2 rings (SSSR count). The Morgan fingerprint density at radius 3 is 2.81 bits per heavy atom. The second-order valence-electron chi connectivity index (χ2n) is 5.20. The van der Waals surface area contributed by atoms with E-state index in [1.807, 2.05) is 0 Å². The normalized spacial score (nSPS) is 12.4. The molecule has 2 aromatic rings. The highest BCUT2D eigenvalue weighted by atomic mass is 79.9. The summed E-state index contributed by atoms with van der Waals surface area (Å²) in [5.74, 6) is 1.96. The topological polar surface area (TPSA) is 49.8 Å². The van der Waals surface area contributed by atoms with Crippen LogP contribution in [0.2, 0.25) is 0 Å². The predicted octanol–water partition coefficient (Wildman–Crippen LogP) is 4.93. The Morgan fingerprint density at radius 1 is 1.38 bits per heavy atom. The van der Waals surface area contributed by atoms with Gasteiger partial charge in [-0.25, -0.2) is 4.98 Å². The molecule has 21 heavy (non-hydrogen) atoms. The number of halogens is 1. The zero-order valence-electron chi connectivity index (χ0n) is 12.6. The molecule has 0 saturated heterocycles. The van der Waals surface area contributed by atoms with E-state index in [0.717, 1.165) is 23.3 Å². The van der Waals surface area contributed by atoms with Crippen LogP contribution < -0.4 is 10.6 Å². The van der Waals surface area contributed by atoms with Crippen molar-refractivity contribution < 1.29 is 0 Å². The molecule has 2 heterocycles. The number of rotatable bonds is 7. The van der Waals surface area contributed by atoms with Crippen molar-refractivity contribution in [3.8, 4) is 0 Å². The minimum Gasteiger partial charge on any atom is -0.361 e. The third kappa shape index (κ3) is 4.41. The Bertz CT molecular complexity index is 557. The molecule has 2 N–H and O–H groups in total. The lowest BCUT2D eigenvalue weighted by molar-refractivity contribution is 0.551. The number of nitrogens with one attached hydrogen (secondary N) is 2. The molecular weight excluding hydrogens is 348 g/mol. The third-order valence-corrected chi connectivity index (χ3v) is 4.62. The maximum atomic E-state index is 4.57. The summed E-state index contributed by atoms with van der Waals surface area (Å²) in [6.07, 6.45) is 2.84. The highest BCUT2D eigenvalue weighted by molar-refractivity contribution is 9.10. The first kappa shape index (κ1) is 16.2. The number of nitrogens with zero attached hydrogens (tertiary/aromatic N) is 2. The lowest BCUT2D eigenvalue weighted by atomic mass is 10.0. The molecule has 1 unspecified atom stereocenters. The van der Waals surface area contributed by atoms with Crippen LogP contribution in [0.5, 0.6) is 0 Å². The number of anilines is 2. The van der Waals surface area contributed by atoms with E-state index in [0.29, 0.717) is 11.9 Å². The average Bonchev–Trinajstić information content (AvgIpc) is 2.98. The van der Waals surface area contributed by atoms with Crippen LogP contribution in [0.15, 0.2) is 28.2 Å². The van der Waals surface area contributed by atoms with Crippen molar-refractivity contribution in [2.24, 2.45) is 5.92 Å². The Labute approximate surface area is 138 Å². The molecule has 0 saturated carbocycles. The summed E-state index contributed by atoms with van der Waals surface area (Å²) in [5.41, 5.74) is 0. The fourth-order valence-electron chi connectivity index (χ4n) is 1.97. The predicted molar refractivity (Wildman–Crippen MR) is 94.0 cm³/mol. The van der Waals surface area contributed by atoms with E-state index in [2.05, 4.69) is 74.8 Å². The molecule has 0 aliphatic heterocycles. The van der Waals surface area contributed by atoms with Gasteiger partial charge in [-0.05, 0) is 39.7 Å². The van der Waals surface area contributed by atoms with Crippen molar-refractivity contribution in [1.29, 1.82) is 0 Å². The van der Waals surface area contributed by atoms with Gasteiger partial charge in [-0.15, -0.1) is 11.3 Å².